The Morgan fingerprint density at radius 3 is 1.93 bits per heavy atom. The van der Waals surface area contributed by atoms with Crippen molar-refractivity contribution in [2.75, 3.05) is 0 Å². The van der Waals surface area contributed by atoms with Crippen LogP contribution in [0.3, 0.4) is 0 Å². The molecule has 1 heterocycles. The van der Waals surface area contributed by atoms with Gasteiger partial charge < -0.3 is 0 Å². The molecule has 0 spiro atoms. The Hall–Kier alpha value is -2.90. The van der Waals surface area contributed by atoms with Gasteiger partial charge in [-0.25, -0.2) is 0 Å². The summed E-state index contributed by atoms with van der Waals surface area (Å²) in [7, 11) is 0. The van der Waals surface area contributed by atoms with Crippen LogP contribution in [0, 0.1) is 0 Å². The third-order valence-corrected chi connectivity index (χ3v) is 6.38. The lowest BCUT2D eigenvalue weighted by Gasteiger charge is -2.09. The highest BCUT2D eigenvalue weighted by Gasteiger charge is 2.24. The van der Waals surface area contributed by atoms with Crippen LogP contribution in [0.15, 0.2) is 91.0 Å². The molecule has 1 aliphatic rings. The standard InChI is InChI=1S/C26H20S/c1-4-10-19(11-5-1)16-25-26(21-14-8-3-9-15-21)23-17-22(18-24(23)27-25)20-12-6-2-7-13-20/h1-15,18H,16-17H2. The van der Waals surface area contributed by atoms with E-state index in [0.717, 1.165) is 12.8 Å². The van der Waals surface area contributed by atoms with Gasteiger partial charge in [-0.1, -0.05) is 91.0 Å². The number of allylic oxidation sites excluding steroid dienone is 1. The Balaban J connectivity index is 1.59. The summed E-state index contributed by atoms with van der Waals surface area (Å²) in [5.74, 6) is 0. The fraction of sp³-hybridized carbons (Fsp3) is 0.0769. The molecule has 0 saturated carbocycles. The molecule has 0 unspecified atom stereocenters. The molecule has 1 heteroatoms. The summed E-state index contributed by atoms with van der Waals surface area (Å²) >= 11 is 1.96. The SMILES string of the molecule is C1=C(c2ccccc2)Cc2c1sc(Cc1ccccc1)c2-c1ccccc1. The Kier molecular flexibility index (Phi) is 4.23. The molecule has 0 bridgehead atoms. The van der Waals surface area contributed by atoms with Crippen LogP contribution in [0.25, 0.3) is 22.8 Å². The third-order valence-electron chi connectivity index (χ3n) is 5.20. The van der Waals surface area contributed by atoms with Crippen LogP contribution < -0.4 is 0 Å². The zero-order valence-corrected chi connectivity index (χ0v) is 15.9. The van der Waals surface area contributed by atoms with E-state index in [9.17, 15) is 0 Å². The maximum absolute atomic E-state index is 2.40. The molecule has 4 aromatic rings. The lowest BCUT2D eigenvalue weighted by atomic mass is 9.95. The van der Waals surface area contributed by atoms with Gasteiger partial charge in [0, 0.05) is 28.2 Å². The largest absolute Gasteiger partial charge is 0.140 e. The molecule has 0 fully saturated rings. The van der Waals surface area contributed by atoms with Gasteiger partial charge in [0.25, 0.3) is 0 Å². The minimum absolute atomic E-state index is 0.997. The first-order chi connectivity index (χ1) is 13.4. The van der Waals surface area contributed by atoms with E-state index < -0.39 is 0 Å². The van der Waals surface area contributed by atoms with Gasteiger partial charge >= 0.3 is 0 Å². The Morgan fingerprint density at radius 1 is 0.667 bits per heavy atom. The predicted octanol–water partition coefficient (Wildman–Crippen LogP) is 7.10. The van der Waals surface area contributed by atoms with Gasteiger partial charge in [0.2, 0.25) is 0 Å². The van der Waals surface area contributed by atoms with E-state index in [1.807, 2.05) is 11.3 Å². The summed E-state index contributed by atoms with van der Waals surface area (Å²) in [4.78, 5) is 2.90. The van der Waals surface area contributed by atoms with Gasteiger partial charge in [-0.2, -0.15) is 0 Å². The summed E-state index contributed by atoms with van der Waals surface area (Å²) in [6.45, 7) is 0. The van der Waals surface area contributed by atoms with Crippen LogP contribution in [0.4, 0.5) is 0 Å². The number of rotatable bonds is 4. The lowest BCUT2D eigenvalue weighted by Crippen LogP contribution is -1.92. The van der Waals surface area contributed by atoms with E-state index in [1.165, 1.54) is 43.1 Å². The zero-order chi connectivity index (χ0) is 18.1. The molecule has 0 radical (unpaired) electrons. The van der Waals surface area contributed by atoms with Crippen molar-refractivity contribution in [3.8, 4) is 11.1 Å². The maximum Gasteiger partial charge on any atom is 0.0318 e. The van der Waals surface area contributed by atoms with Crippen LogP contribution in [0.2, 0.25) is 0 Å². The normalized spacial score (nSPS) is 12.7. The molecule has 0 amide bonds. The van der Waals surface area contributed by atoms with Crippen molar-refractivity contribution in [1.82, 2.24) is 0 Å². The molecule has 0 nitrogen and oxygen atoms in total. The molecule has 130 valence electrons. The van der Waals surface area contributed by atoms with E-state index in [0.29, 0.717) is 0 Å². The summed E-state index contributed by atoms with van der Waals surface area (Å²) in [6, 6.07) is 32.5. The summed E-state index contributed by atoms with van der Waals surface area (Å²) in [5.41, 5.74) is 8.42. The zero-order valence-electron chi connectivity index (χ0n) is 15.1. The second-order valence-corrected chi connectivity index (χ2v) is 8.12. The minimum atomic E-state index is 0.997. The lowest BCUT2D eigenvalue weighted by molar-refractivity contribution is 1.23. The Labute approximate surface area is 164 Å². The van der Waals surface area contributed by atoms with Crippen molar-refractivity contribution in [3.05, 3.63) is 117 Å². The first-order valence-electron chi connectivity index (χ1n) is 9.38. The molecule has 3 aromatic carbocycles. The van der Waals surface area contributed by atoms with Gasteiger partial charge in [-0.3, -0.25) is 0 Å². The van der Waals surface area contributed by atoms with Gasteiger partial charge in [0.15, 0.2) is 0 Å². The molecule has 5 rings (SSSR count). The summed E-state index contributed by atoms with van der Waals surface area (Å²) < 4.78 is 0. The Morgan fingerprint density at radius 2 is 1.26 bits per heavy atom. The van der Waals surface area contributed by atoms with Crippen molar-refractivity contribution in [2.24, 2.45) is 0 Å². The highest BCUT2D eigenvalue weighted by atomic mass is 32.1. The second kappa shape index (κ2) is 7.02. The van der Waals surface area contributed by atoms with E-state index in [4.69, 9.17) is 0 Å². The van der Waals surface area contributed by atoms with E-state index in [-0.39, 0.29) is 0 Å². The van der Waals surface area contributed by atoms with Gasteiger partial charge in [0.05, 0.1) is 0 Å². The molecule has 0 atom stereocenters. The van der Waals surface area contributed by atoms with Crippen LogP contribution in [0.1, 0.15) is 26.4 Å². The third kappa shape index (κ3) is 3.15. The molecular weight excluding hydrogens is 344 g/mol. The van der Waals surface area contributed by atoms with Crippen LogP contribution in [-0.2, 0) is 12.8 Å². The molecule has 0 aliphatic heterocycles. The maximum atomic E-state index is 2.40. The fourth-order valence-corrected chi connectivity index (χ4v) is 5.26. The van der Waals surface area contributed by atoms with Crippen LogP contribution >= 0.6 is 11.3 Å². The van der Waals surface area contributed by atoms with Crippen molar-refractivity contribution >= 4 is 23.0 Å². The van der Waals surface area contributed by atoms with Crippen molar-refractivity contribution in [2.45, 2.75) is 12.8 Å². The van der Waals surface area contributed by atoms with E-state index >= 15 is 0 Å². The number of hydrogen-bond donors (Lipinski definition) is 0. The smallest absolute Gasteiger partial charge is 0.0318 e. The fourth-order valence-electron chi connectivity index (χ4n) is 3.91. The minimum Gasteiger partial charge on any atom is -0.140 e. The molecule has 1 aliphatic carbocycles. The number of hydrogen-bond acceptors (Lipinski definition) is 1. The van der Waals surface area contributed by atoms with E-state index in [2.05, 4.69) is 97.1 Å². The van der Waals surface area contributed by atoms with Crippen molar-refractivity contribution in [3.63, 3.8) is 0 Å². The first-order valence-corrected chi connectivity index (χ1v) is 10.2. The van der Waals surface area contributed by atoms with E-state index in [1.54, 1.807) is 0 Å². The molecular formula is C26H20S. The molecule has 1 aromatic heterocycles. The predicted molar refractivity (Wildman–Crippen MR) is 117 cm³/mol. The highest BCUT2D eigenvalue weighted by molar-refractivity contribution is 7.13. The van der Waals surface area contributed by atoms with Crippen LogP contribution in [0.5, 0.6) is 0 Å². The number of thiophene rings is 1. The quantitative estimate of drug-likeness (QED) is 0.362. The highest BCUT2D eigenvalue weighted by Crippen LogP contribution is 2.45. The molecule has 27 heavy (non-hydrogen) atoms. The summed E-state index contributed by atoms with van der Waals surface area (Å²) in [6.07, 6.45) is 4.42. The van der Waals surface area contributed by atoms with Crippen molar-refractivity contribution in [1.29, 1.82) is 0 Å². The number of benzene rings is 3. The molecule has 0 saturated heterocycles. The van der Waals surface area contributed by atoms with Gasteiger partial charge in [-0.15, -0.1) is 11.3 Å². The van der Waals surface area contributed by atoms with Crippen molar-refractivity contribution < 1.29 is 0 Å². The topological polar surface area (TPSA) is 0 Å². The number of fused-ring (bicyclic) bond motifs is 1. The monoisotopic (exact) mass is 364 g/mol. The first kappa shape index (κ1) is 16.3. The van der Waals surface area contributed by atoms with Gasteiger partial charge in [0.1, 0.15) is 0 Å². The summed E-state index contributed by atoms with van der Waals surface area (Å²) in [5, 5.41) is 0. The average Bonchev–Trinajstić information content (AvgIpc) is 3.28. The Bertz CT molecular complexity index is 1090. The average molecular weight is 365 g/mol. The second-order valence-electron chi connectivity index (χ2n) is 6.98. The van der Waals surface area contributed by atoms with Crippen LogP contribution in [-0.4, -0.2) is 0 Å². The van der Waals surface area contributed by atoms with Gasteiger partial charge in [-0.05, 0) is 33.9 Å². The molecule has 0 N–H and O–H groups in total.